The zero-order valence-electron chi connectivity index (χ0n) is 12.8. The zero-order chi connectivity index (χ0) is 16.7. The summed E-state index contributed by atoms with van der Waals surface area (Å²) in [7, 11) is 0. The van der Waals surface area contributed by atoms with Crippen LogP contribution >= 0.6 is 0 Å². The Morgan fingerprint density at radius 1 is 1.17 bits per heavy atom. The van der Waals surface area contributed by atoms with Crippen molar-refractivity contribution in [2.24, 2.45) is 0 Å². The predicted molar refractivity (Wildman–Crippen MR) is 86.0 cm³/mol. The smallest absolute Gasteiger partial charge is 0.336 e. The number of amides is 1. The number of carbonyl (C=O) groups excluding carboxylic acids is 1. The number of aromatic nitrogens is 1. The van der Waals surface area contributed by atoms with Crippen LogP contribution in [0.2, 0.25) is 0 Å². The Balaban J connectivity index is 2.05. The molecule has 0 aliphatic carbocycles. The number of aromatic carboxylic acids is 1. The third-order valence-corrected chi connectivity index (χ3v) is 3.14. The van der Waals surface area contributed by atoms with Crippen molar-refractivity contribution in [2.45, 2.75) is 19.8 Å². The number of carbonyl (C=O) groups is 2. The van der Waals surface area contributed by atoms with Gasteiger partial charge in [0.1, 0.15) is 0 Å². The minimum atomic E-state index is -1.14. The first kappa shape index (κ1) is 16.5. The van der Waals surface area contributed by atoms with Gasteiger partial charge in [0.15, 0.2) is 0 Å². The molecule has 0 bridgehead atoms. The molecule has 0 aliphatic rings. The van der Waals surface area contributed by atoms with E-state index >= 15 is 0 Å². The van der Waals surface area contributed by atoms with Crippen molar-refractivity contribution in [3.8, 4) is 5.88 Å². The van der Waals surface area contributed by atoms with E-state index < -0.39 is 11.9 Å². The van der Waals surface area contributed by atoms with Crippen molar-refractivity contribution >= 4 is 17.6 Å². The number of hydrogen-bond acceptors (Lipinski definition) is 4. The number of anilines is 1. The number of carboxylic acid groups (broad SMARTS) is 1. The molecule has 2 rings (SSSR count). The summed E-state index contributed by atoms with van der Waals surface area (Å²) >= 11 is 0. The third-order valence-electron chi connectivity index (χ3n) is 3.14. The molecule has 1 amide bonds. The first-order chi connectivity index (χ1) is 11.1. The van der Waals surface area contributed by atoms with E-state index in [0.29, 0.717) is 18.2 Å². The average molecular weight is 314 g/mol. The van der Waals surface area contributed by atoms with E-state index in [1.54, 1.807) is 24.3 Å². The van der Waals surface area contributed by atoms with Crippen LogP contribution in [-0.4, -0.2) is 28.6 Å². The highest BCUT2D eigenvalue weighted by molar-refractivity contribution is 6.10. The Morgan fingerprint density at radius 3 is 2.52 bits per heavy atom. The molecule has 120 valence electrons. The van der Waals surface area contributed by atoms with Crippen molar-refractivity contribution in [3.63, 3.8) is 0 Å². The van der Waals surface area contributed by atoms with E-state index in [2.05, 4.69) is 17.2 Å². The quantitative estimate of drug-likeness (QED) is 0.766. The van der Waals surface area contributed by atoms with Gasteiger partial charge in [-0.25, -0.2) is 9.78 Å². The SMILES string of the molecule is CCCCOc1ccc(NC(=O)c2ccccc2C(=O)O)cn1. The summed E-state index contributed by atoms with van der Waals surface area (Å²) in [6, 6.07) is 9.37. The van der Waals surface area contributed by atoms with Gasteiger partial charge in [-0.2, -0.15) is 0 Å². The maximum absolute atomic E-state index is 12.2. The molecule has 2 N–H and O–H groups in total. The number of pyridine rings is 1. The fourth-order valence-electron chi connectivity index (χ4n) is 1.93. The van der Waals surface area contributed by atoms with Gasteiger partial charge < -0.3 is 15.2 Å². The molecule has 6 heteroatoms. The fraction of sp³-hybridized carbons (Fsp3) is 0.235. The van der Waals surface area contributed by atoms with Crippen molar-refractivity contribution in [2.75, 3.05) is 11.9 Å². The Bertz CT molecular complexity index is 683. The van der Waals surface area contributed by atoms with Gasteiger partial charge in [0.2, 0.25) is 5.88 Å². The first-order valence-electron chi connectivity index (χ1n) is 7.34. The van der Waals surface area contributed by atoms with Gasteiger partial charge in [0, 0.05) is 6.07 Å². The molecule has 0 fully saturated rings. The standard InChI is InChI=1S/C17H18N2O4/c1-2-3-10-23-15-9-8-12(11-18-15)19-16(20)13-6-4-5-7-14(13)17(21)22/h4-9,11H,2-3,10H2,1H3,(H,19,20)(H,21,22). The van der Waals surface area contributed by atoms with Gasteiger partial charge in [-0.3, -0.25) is 4.79 Å². The van der Waals surface area contributed by atoms with Gasteiger partial charge >= 0.3 is 5.97 Å². The molecular weight excluding hydrogens is 296 g/mol. The average Bonchev–Trinajstić information content (AvgIpc) is 2.56. The number of unbranched alkanes of at least 4 members (excludes halogenated alkanes) is 1. The van der Waals surface area contributed by atoms with Crippen molar-refractivity contribution in [1.82, 2.24) is 4.98 Å². The maximum Gasteiger partial charge on any atom is 0.336 e. The van der Waals surface area contributed by atoms with Crippen LogP contribution in [0.15, 0.2) is 42.6 Å². The highest BCUT2D eigenvalue weighted by Gasteiger charge is 2.15. The monoisotopic (exact) mass is 314 g/mol. The predicted octanol–water partition coefficient (Wildman–Crippen LogP) is 3.21. The van der Waals surface area contributed by atoms with Crippen LogP contribution < -0.4 is 10.1 Å². The van der Waals surface area contributed by atoms with Crippen LogP contribution in [0.1, 0.15) is 40.5 Å². The number of rotatable bonds is 7. The molecule has 1 heterocycles. The summed E-state index contributed by atoms with van der Waals surface area (Å²) in [4.78, 5) is 27.4. The lowest BCUT2D eigenvalue weighted by molar-refractivity contribution is 0.0692. The molecule has 0 radical (unpaired) electrons. The zero-order valence-corrected chi connectivity index (χ0v) is 12.8. The third kappa shape index (κ3) is 4.54. The number of ether oxygens (including phenoxy) is 1. The summed E-state index contributed by atoms with van der Waals surface area (Å²) in [6.07, 6.45) is 3.46. The minimum absolute atomic E-state index is 0.0440. The van der Waals surface area contributed by atoms with Gasteiger partial charge in [0.05, 0.1) is 29.6 Å². The van der Waals surface area contributed by atoms with Crippen LogP contribution in [0.25, 0.3) is 0 Å². The molecule has 23 heavy (non-hydrogen) atoms. The molecule has 0 unspecified atom stereocenters. The van der Waals surface area contributed by atoms with E-state index in [9.17, 15) is 9.59 Å². The normalized spacial score (nSPS) is 10.1. The summed E-state index contributed by atoms with van der Waals surface area (Å²) < 4.78 is 5.44. The fourth-order valence-corrected chi connectivity index (χ4v) is 1.93. The highest BCUT2D eigenvalue weighted by atomic mass is 16.5. The van der Waals surface area contributed by atoms with Crippen molar-refractivity contribution < 1.29 is 19.4 Å². The van der Waals surface area contributed by atoms with Crippen LogP contribution in [0.3, 0.4) is 0 Å². The van der Waals surface area contributed by atoms with Crippen LogP contribution in [0.5, 0.6) is 5.88 Å². The molecule has 2 aromatic rings. The number of benzene rings is 1. The lowest BCUT2D eigenvalue weighted by atomic mass is 10.1. The second kappa shape index (κ2) is 7.93. The molecule has 0 saturated heterocycles. The molecule has 0 spiro atoms. The number of carboxylic acids is 1. The molecule has 1 aromatic carbocycles. The second-order valence-corrected chi connectivity index (χ2v) is 4.89. The van der Waals surface area contributed by atoms with E-state index in [0.717, 1.165) is 12.8 Å². The highest BCUT2D eigenvalue weighted by Crippen LogP contribution is 2.15. The topological polar surface area (TPSA) is 88.5 Å². The van der Waals surface area contributed by atoms with E-state index in [4.69, 9.17) is 9.84 Å². The molecule has 0 aliphatic heterocycles. The van der Waals surface area contributed by atoms with Crippen LogP contribution in [-0.2, 0) is 0 Å². The number of nitrogens with zero attached hydrogens (tertiary/aromatic N) is 1. The van der Waals surface area contributed by atoms with E-state index in [1.165, 1.54) is 18.3 Å². The largest absolute Gasteiger partial charge is 0.478 e. The Hall–Kier alpha value is -2.89. The Kier molecular flexibility index (Phi) is 5.68. The Labute approximate surface area is 134 Å². The van der Waals surface area contributed by atoms with Gasteiger partial charge in [0.25, 0.3) is 5.91 Å². The lowest BCUT2D eigenvalue weighted by Gasteiger charge is -2.08. The molecular formula is C17H18N2O4. The first-order valence-corrected chi connectivity index (χ1v) is 7.34. The Morgan fingerprint density at radius 2 is 1.91 bits per heavy atom. The summed E-state index contributed by atoms with van der Waals surface area (Å²) in [5.74, 6) is -1.15. The minimum Gasteiger partial charge on any atom is -0.478 e. The summed E-state index contributed by atoms with van der Waals surface area (Å²) in [5.41, 5.74) is 0.527. The summed E-state index contributed by atoms with van der Waals surface area (Å²) in [6.45, 7) is 2.67. The molecule has 0 saturated carbocycles. The van der Waals surface area contributed by atoms with Gasteiger partial charge in [-0.05, 0) is 24.6 Å². The van der Waals surface area contributed by atoms with Crippen molar-refractivity contribution in [3.05, 3.63) is 53.7 Å². The van der Waals surface area contributed by atoms with E-state index in [1.807, 2.05) is 0 Å². The second-order valence-electron chi connectivity index (χ2n) is 4.89. The number of hydrogen-bond donors (Lipinski definition) is 2. The van der Waals surface area contributed by atoms with E-state index in [-0.39, 0.29) is 11.1 Å². The van der Waals surface area contributed by atoms with Crippen LogP contribution in [0.4, 0.5) is 5.69 Å². The van der Waals surface area contributed by atoms with Crippen molar-refractivity contribution in [1.29, 1.82) is 0 Å². The number of nitrogens with one attached hydrogen (secondary N) is 1. The molecule has 6 nitrogen and oxygen atoms in total. The van der Waals surface area contributed by atoms with Gasteiger partial charge in [-0.15, -0.1) is 0 Å². The lowest BCUT2D eigenvalue weighted by Crippen LogP contribution is -2.16. The maximum atomic E-state index is 12.2. The van der Waals surface area contributed by atoms with Gasteiger partial charge in [-0.1, -0.05) is 25.5 Å². The summed E-state index contributed by atoms with van der Waals surface area (Å²) in [5, 5.41) is 11.7. The van der Waals surface area contributed by atoms with Crippen LogP contribution in [0, 0.1) is 0 Å². The molecule has 1 aromatic heterocycles. The molecule has 0 atom stereocenters.